The summed E-state index contributed by atoms with van der Waals surface area (Å²) in [5.41, 5.74) is 4.30. The van der Waals surface area contributed by atoms with Gasteiger partial charge in [-0.2, -0.15) is 5.26 Å². The number of rotatable bonds is 13. The lowest BCUT2D eigenvalue weighted by molar-refractivity contribution is 0.249. The van der Waals surface area contributed by atoms with Crippen LogP contribution in [0.25, 0.3) is 4.85 Å². The van der Waals surface area contributed by atoms with Gasteiger partial charge >= 0.3 is 6.07 Å². The van der Waals surface area contributed by atoms with Crippen molar-refractivity contribution in [2.75, 3.05) is 6.54 Å². The molecule has 0 aliphatic heterocycles. The van der Waals surface area contributed by atoms with Crippen molar-refractivity contribution in [2.24, 2.45) is 11.3 Å². The maximum atomic E-state index is 9.08. The Morgan fingerprint density at radius 2 is 1.83 bits per heavy atom. The minimum Gasteiger partial charge on any atom is -0.198 e. The minimum atomic E-state index is 0.156. The third-order valence-electron chi connectivity index (χ3n) is 6.77. The van der Waals surface area contributed by atoms with Gasteiger partial charge in [-0.25, -0.2) is 0 Å². The van der Waals surface area contributed by atoms with Gasteiger partial charge in [0.1, 0.15) is 0 Å². The van der Waals surface area contributed by atoms with Gasteiger partial charge in [0, 0.05) is 11.8 Å². The Labute approximate surface area is 187 Å². The van der Waals surface area contributed by atoms with Crippen LogP contribution in [-0.2, 0) is 0 Å². The summed E-state index contributed by atoms with van der Waals surface area (Å²) in [6.45, 7) is 12.1. The highest BCUT2D eigenvalue weighted by atomic mass is 14.7. The maximum Gasteiger partial charge on any atom is 0.310 e. The van der Waals surface area contributed by atoms with Crippen LogP contribution < -0.4 is 0 Å². The number of hydrogen-bond acceptors (Lipinski definition) is 1. The zero-order valence-corrected chi connectivity index (χ0v) is 20.4. The van der Waals surface area contributed by atoms with Crippen LogP contribution in [0.1, 0.15) is 112 Å². The molecule has 0 bridgehead atoms. The van der Waals surface area contributed by atoms with E-state index >= 15 is 0 Å². The Hall–Kier alpha value is -1.80. The van der Waals surface area contributed by atoms with Crippen LogP contribution in [0.3, 0.4) is 0 Å². The predicted molar refractivity (Wildman–Crippen MR) is 132 cm³/mol. The van der Waals surface area contributed by atoms with Crippen molar-refractivity contribution in [3.05, 3.63) is 39.8 Å². The predicted octanol–water partition coefficient (Wildman–Crippen LogP) is 9.02. The third kappa shape index (κ3) is 8.92. The van der Waals surface area contributed by atoms with Gasteiger partial charge in [-0.05, 0) is 74.5 Å². The second-order valence-corrected chi connectivity index (χ2v) is 8.95. The molecule has 1 atom stereocenters. The van der Waals surface area contributed by atoms with E-state index in [9.17, 15) is 0 Å². The summed E-state index contributed by atoms with van der Waals surface area (Å²) < 4.78 is 0. The van der Waals surface area contributed by atoms with Crippen LogP contribution in [0.2, 0.25) is 0 Å². The van der Waals surface area contributed by atoms with Crippen molar-refractivity contribution in [3.8, 4) is 12.1 Å². The SMILES string of the molecule is CCCCC1=CC(C#[N+]CC(CC)(CCC#N)CCCC)=CCC1=CC(CC)CC. The summed E-state index contributed by atoms with van der Waals surface area (Å²) in [5, 5.41) is 9.08. The fourth-order valence-electron chi connectivity index (χ4n) is 4.27. The van der Waals surface area contributed by atoms with Crippen molar-refractivity contribution in [1.82, 2.24) is 0 Å². The van der Waals surface area contributed by atoms with E-state index in [1.165, 1.54) is 49.7 Å². The molecule has 1 rings (SSSR count). The highest BCUT2D eigenvalue weighted by Crippen LogP contribution is 2.35. The van der Waals surface area contributed by atoms with Gasteiger partial charge in [-0.3, -0.25) is 0 Å². The molecule has 0 amide bonds. The molecule has 0 fully saturated rings. The van der Waals surface area contributed by atoms with E-state index in [1.54, 1.807) is 0 Å². The van der Waals surface area contributed by atoms with E-state index in [1.807, 2.05) is 0 Å². The van der Waals surface area contributed by atoms with Crippen LogP contribution in [0.4, 0.5) is 0 Å². The molecule has 0 aromatic heterocycles. The average Bonchev–Trinajstić information content (AvgIpc) is 2.78. The molecule has 0 spiro atoms. The third-order valence-corrected chi connectivity index (χ3v) is 6.77. The van der Waals surface area contributed by atoms with Gasteiger partial charge in [-0.15, -0.1) is 0 Å². The van der Waals surface area contributed by atoms with Crippen LogP contribution in [0.15, 0.2) is 34.9 Å². The molecule has 2 nitrogen and oxygen atoms in total. The monoisotopic (exact) mass is 409 g/mol. The van der Waals surface area contributed by atoms with Crippen molar-refractivity contribution < 1.29 is 0 Å². The second-order valence-electron chi connectivity index (χ2n) is 8.95. The number of nitriles is 1. The Morgan fingerprint density at radius 1 is 1.10 bits per heavy atom. The summed E-state index contributed by atoms with van der Waals surface area (Å²) in [6.07, 6.45) is 20.4. The highest BCUT2D eigenvalue weighted by Gasteiger charge is 2.32. The molecule has 2 heteroatoms. The van der Waals surface area contributed by atoms with Gasteiger partial charge in [0.05, 0.1) is 11.6 Å². The topological polar surface area (TPSA) is 28.1 Å². The quantitative estimate of drug-likeness (QED) is 0.298. The molecule has 0 aromatic rings. The molecule has 0 radical (unpaired) electrons. The summed E-state index contributed by atoms with van der Waals surface area (Å²) in [4.78, 5) is 4.79. The fourth-order valence-corrected chi connectivity index (χ4v) is 4.27. The molecule has 166 valence electrons. The fraction of sp³-hybridized carbons (Fsp3) is 0.714. The van der Waals surface area contributed by atoms with E-state index < -0.39 is 0 Å². The molecular formula is C28H45N2+. The van der Waals surface area contributed by atoms with Gasteiger partial charge in [0.15, 0.2) is 0 Å². The van der Waals surface area contributed by atoms with E-state index in [4.69, 9.17) is 10.1 Å². The number of unbranched alkanes of at least 4 members (excludes halogenated alkanes) is 2. The average molecular weight is 410 g/mol. The lowest BCUT2D eigenvalue weighted by Gasteiger charge is -2.25. The zero-order valence-electron chi connectivity index (χ0n) is 20.4. The van der Waals surface area contributed by atoms with Crippen LogP contribution in [0, 0.1) is 28.7 Å². The molecule has 0 saturated carbocycles. The van der Waals surface area contributed by atoms with E-state index in [-0.39, 0.29) is 5.41 Å². The molecular weight excluding hydrogens is 364 g/mol. The van der Waals surface area contributed by atoms with Crippen molar-refractivity contribution in [2.45, 2.75) is 112 Å². The van der Waals surface area contributed by atoms with Gasteiger partial charge < -0.3 is 0 Å². The molecule has 0 saturated heterocycles. The minimum absolute atomic E-state index is 0.156. The molecule has 30 heavy (non-hydrogen) atoms. The normalized spacial score (nSPS) is 17.0. The van der Waals surface area contributed by atoms with Crippen molar-refractivity contribution >= 4 is 0 Å². The molecule has 0 heterocycles. The Kier molecular flexibility index (Phi) is 13.2. The molecule has 1 unspecified atom stereocenters. The van der Waals surface area contributed by atoms with E-state index in [2.05, 4.69) is 65.0 Å². The first kappa shape index (κ1) is 26.2. The first-order chi connectivity index (χ1) is 14.6. The van der Waals surface area contributed by atoms with Gasteiger partial charge in [0.2, 0.25) is 0 Å². The van der Waals surface area contributed by atoms with Crippen LogP contribution in [0.5, 0.6) is 0 Å². The molecule has 0 aromatic carbocycles. The molecule has 1 aliphatic carbocycles. The Balaban J connectivity index is 2.99. The van der Waals surface area contributed by atoms with E-state index in [0.29, 0.717) is 12.3 Å². The standard InChI is InChI=1S/C28H45N2/c1-6-11-14-26-21-25(15-16-27(26)20-24(8-3)9-4)22-30-23-28(10-5,17-12-7-2)18-13-19-29/h15,20-21,24H,6-14,16-18,23H2,1-5H3/q+1. The van der Waals surface area contributed by atoms with Crippen molar-refractivity contribution in [1.29, 1.82) is 5.26 Å². The molecule has 1 aliphatic rings. The Morgan fingerprint density at radius 3 is 2.43 bits per heavy atom. The number of nitrogens with zero attached hydrogens (tertiary/aromatic N) is 2. The lowest BCUT2D eigenvalue weighted by Crippen LogP contribution is -2.23. The molecule has 0 N–H and O–H groups in total. The van der Waals surface area contributed by atoms with Crippen LogP contribution >= 0.6 is 0 Å². The second kappa shape index (κ2) is 15.1. The summed E-state index contributed by atoms with van der Waals surface area (Å²) in [5.74, 6) is 0.682. The van der Waals surface area contributed by atoms with Gasteiger partial charge in [-0.1, -0.05) is 70.9 Å². The van der Waals surface area contributed by atoms with Gasteiger partial charge in [0.25, 0.3) is 6.54 Å². The Bertz CT molecular complexity index is 688. The zero-order chi connectivity index (χ0) is 22.2. The summed E-state index contributed by atoms with van der Waals surface area (Å²) in [7, 11) is 0. The maximum absolute atomic E-state index is 9.08. The summed E-state index contributed by atoms with van der Waals surface area (Å²) >= 11 is 0. The van der Waals surface area contributed by atoms with Crippen molar-refractivity contribution in [3.63, 3.8) is 0 Å². The largest absolute Gasteiger partial charge is 0.310 e. The highest BCUT2D eigenvalue weighted by molar-refractivity contribution is 5.49. The summed E-state index contributed by atoms with van der Waals surface area (Å²) in [6, 6.07) is 5.71. The van der Waals surface area contributed by atoms with Crippen LogP contribution in [-0.4, -0.2) is 6.54 Å². The first-order valence-corrected chi connectivity index (χ1v) is 12.5. The first-order valence-electron chi connectivity index (χ1n) is 12.5. The smallest absolute Gasteiger partial charge is 0.198 e. The number of hydrogen-bond donors (Lipinski definition) is 0. The number of allylic oxidation sites excluding steroid dienone is 6. The van der Waals surface area contributed by atoms with E-state index in [0.717, 1.165) is 44.2 Å². The lowest BCUT2D eigenvalue weighted by atomic mass is 9.76.